The fourth-order valence-corrected chi connectivity index (χ4v) is 4.04. The lowest BCUT2D eigenvalue weighted by molar-refractivity contribution is 0.172. The molecule has 1 aromatic rings. The van der Waals surface area contributed by atoms with Gasteiger partial charge in [-0.3, -0.25) is 4.99 Å². The van der Waals surface area contributed by atoms with Crippen LogP contribution in [0.3, 0.4) is 0 Å². The number of guanidine groups is 1. The van der Waals surface area contributed by atoms with E-state index in [9.17, 15) is 0 Å². The normalized spacial score (nSPS) is 19.3. The van der Waals surface area contributed by atoms with Crippen LogP contribution in [-0.2, 0) is 11.2 Å². The molecule has 0 amide bonds. The monoisotopic (exact) mass is 494 g/mol. The predicted octanol–water partition coefficient (Wildman–Crippen LogP) is 2.23. The highest BCUT2D eigenvalue weighted by molar-refractivity contribution is 14.0. The van der Waals surface area contributed by atoms with Crippen LogP contribution in [0.25, 0.3) is 0 Å². The lowest BCUT2D eigenvalue weighted by Gasteiger charge is -2.36. The topological polar surface area (TPSA) is 65.9 Å². The molecule has 7 nitrogen and oxygen atoms in total. The zero-order valence-electron chi connectivity index (χ0n) is 16.0. The number of anilines is 1. The summed E-state index contributed by atoms with van der Waals surface area (Å²) in [7, 11) is 3.66. The molecule has 1 aliphatic carbocycles. The SMILES string of the molecule is CCc1nsc(N2CCN(C(=NC)NCC3(CCOC)CC3)CC2)n1.I. The number of hydrogen-bond donors (Lipinski definition) is 1. The summed E-state index contributed by atoms with van der Waals surface area (Å²) in [6.07, 6.45) is 4.63. The molecule has 26 heavy (non-hydrogen) atoms. The Morgan fingerprint density at radius 2 is 2.04 bits per heavy atom. The minimum absolute atomic E-state index is 0. The highest BCUT2D eigenvalue weighted by Gasteiger charge is 2.42. The quantitative estimate of drug-likeness (QED) is 0.357. The summed E-state index contributed by atoms with van der Waals surface area (Å²) >= 11 is 1.51. The Labute approximate surface area is 177 Å². The summed E-state index contributed by atoms with van der Waals surface area (Å²) in [5.41, 5.74) is 0.427. The van der Waals surface area contributed by atoms with E-state index >= 15 is 0 Å². The zero-order chi connectivity index (χ0) is 17.7. The molecular weight excluding hydrogens is 463 g/mol. The molecule has 0 aromatic carbocycles. The summed E-state index contributed by atoms with van der Waals surface area (Å²) < 4.78 is 9.64. The maximum absolute atomic E-state index is 5.25. The van der Waals surface area contributed by atoms with E-state index < -0.39 is 0 Å². The fourth-order valence-electron chi connectivity index (χ4n) is 3.24. The van der Waals surface area contributed by atoms with Gasteiger partial charge in [-0.1, -0.05) is 6.92 Å². The third-order valence-electron chi connectivity index (χ3n) is 5.25. The molecule has 0 spiro atoms. The molecule has 2 fully saturated rings. The van der Waals surface area contributed by atoms with Crippen molar-refractivity contribution in [2.24, 2.45) is 10.4 Å². The summed E-state index contributed by atoms with van der Waals surface area (Å²) in [5.74, 6) is 1.97. The largest absolute Gasteiger partial charge is 0.385 e. The number of aliphatic imine (C=N–C) groups is 1. The van der Waals surface area contributed by atoms with Gasteiger partial charge >= 0.3 is 0 Å². The molecule has 9 heteroatoms. The molecule has 2 aliphatic rings. The molecule has 0 atom stereocenters. The van der Waals surface area contributed by atoms with Gasteiger partial charge in [0.15, 0.2) is 5.96 Å². The average molecular weight is 494 g/mol. The van der Waals surface area contributed by atoms with Crippen molar-refractivity contribution in [2.75, 3.05) is 58.4 Å². The van der Waals surface area contributed by atoms with Crippen molar-refractivity contribution in [3.05, 3.63) is 5.82 Å². The van der Waals surface area contributed by atoms with E-state index in [0.29, 0.717) is 5.41 Å². The lowest BCUT2D eigenvalue weighted by Crippen LogP contribution is -2.53. The highest BCUT2D eigenvalue weighted by Crippen LogP contribution is 2.48. The lowest BCUT2D eigenvalue weighted by atomic mass is 10.0. The first-order valence-corrected chi connectivity index (χ1v) is 9.99. The van der Waals surface area contributed by atoms with Gasteiger partial charge in [0.25, 0.3) is 0 Å². The van der Waals surface area contributed by atoms with Gasteiger partial charge in [0.2, 0.25) is 5.13 Å². The molecule has 1 aromatic heterocycles. The number of aromatic nitrogens is 2. The molecule has 0 radical (unpaired) electrons. The second-order valence-electron chi connectivity index (χ2n) is 6.96. The average Bonchev–Trinajstić information content (AvgIpc) is 3.26. The first-order valence-electron chi connectivity index (χ1n) is 9.22. The number of ether oxygens (including phenoxy) is 1. The smallest absolute Gasteiger partial charge is 0.205 e. The van der Waals surface area contributed by atoms with Crippen molar-refractivity contribution < 1.29 is 4.74 Å². The Morgan fingerprint density at radius 1 is 1.31 bits per heavy atom. The summed E-state index contributed by atoms with van der Waals surface area (Å²) in [4.78, 5) is 13.8. The maximum atomic E-state index is 5.25. The van der Waals surface area contributed by atoms with Crippen molar-refractivity contribution in [2.45, 2.75) is 32.6 Å². The van der Waals surface area contributed by atoms with Crippen molar-refractivity contribution in [3.63, 3.8) is 0 Å². The van der Waals surface area contributed by atoms with Gasteiger partial charge in [0.1, 0.15) is 5.82 Å². The molecule has 2 heterocycles. The van der Waals surface area contributed by atoms with Crippen molar-refractivity contribution >= 4 is 46.6 Å². The third kappa shape index (κ3) is 5.41. The number of methoxy groups -OCH3 is 1. The van der Waals surface area contributed by atoms with E-state index in [1.54, 1.807) is 7.11 Å². The number of halogens is 1. The number of nitrogens with zero attached hydrogens (tertiary/aromatic N) is 5. The Balaban J connectivity index is 0.00000243. The summed E-state index contributed by atoms with van der Waals surface area (Å²) in [5, 5.41) is 4.65. The van der Waals surface area contributed by atoms with Gasteiger partial charge in [-0.2, -0.15) is 4.37 Å². The van der Waals surface area contributed by atoms with Crippen molar-refractivity contribution in [1.82, 2.24) is 19.6 Å². The van der Waals surface area contributed by atoms with Crippen molar-refractivity contribution in [3.8, 4) is 0 Å². The van der Waals surface area contributed by atoms with Crippen LogP contribution >= 0.6 is 35.5 Å². The third-order valence-corrected chi connectivity index (χ3v) is 6.07. The van der Waals surface area contributed by atoms with Gasteiger partial charge in [-0.05, 0) is 24.7 Å². The number of nitrogens with one attached hydrogen (secondary N) is 1. The predicted molar refractivity (Wildman–Crippen MR) is 118 cm³/mol. The highest BCUT2D eigenvalue weighted by atomic mass is 127. The first-order chi connectivity index (χ1) is 12.2. The fraction of sp³-hybridized carbons (Fsp3) is 0.824. The van der Waals surface area contributed by atoms with E-state index in [4.69, 9.17) is 4.74 Å². The van der Waals surface area contributed by atoms with Crippen LogP contribution in [0.5, 0.6) is 0 Å². The van der Waals surface area contributed by atoms with Gasteiger partial charge in [-0.25, -0.2) is 4.98 Å². The number of hydrogen-bond acceptors (Lipinski definition) is 6. The molecule has 0 bridgehead atoms. The Hall–Kier alpha value is -0.680. The van der Waals surface area contributed by atoms with Crippen LogP contribution in [-0.4, -0.2) is 73.7 Å². The molecule has 0 unspecified atom stereocenters. The van der Waals surface area contributed by atoms with Gasteiger partial charge < -0.3 is 19.9 Å². The molecule has 1 saturated carbocycles. The summed E-state index contributed by atoms with van der Waals surface area (Å²) in [6.45, 7) is 7.80. The summed E-state index contributed by atoms with van der Waals surface area (Å²) in [6, 6.07) is 0. The Morgan fingerprint density at radius 3 is 2.58 bits per heavy atom. The van der Waals surface area contributed by atoms with Crippen LogP contribution in [0.4, 0.5) is 5.13 Å². The molecule has 1 aliphatic heterocycles. The van der Waals surface area contributed by atoms with E-state index in [-0.39, 0.29) is 24.0 Å². The van der Waals surface area contributed by atoms with Crippen LogP contribution in [0, 0.1) is 5.41 Å². The second kappa shape index (κ2) is 10.0. The van der Waals surface area contributed by atoms with Crippen LogP contribution < -0.4 is 10.2 Å². The van der Waals surface area contributed by atoms with Crippen LogP contribution in [0.2, 0.25) is 0 Å². The van der Waals surface area contributed by atoms with E-state index in [0.717, 1.165) is 69.1 Å². The van der Waals surface area contributed by atoms with Crippen molar-refractivity contribution in [1.29, 1.82) is 0 Å². The molecule has 3 rings (SSSR count). The zero-order valence-corrected chi connectivity index (χ0v) is 19.2. The second-order valence-corrected chi connectivity index (χ2v) is 7.69. The van der Waals surface area contributed by atoms with E-state index in [2.05, 4.69) is 36.4 Å². The maximum Gasteiger partial charge on any atom is 0.205 e. The minimum Gasteiger partial charge on any atom is -0.385 e. The molecular formula is C17H31IN6OS. The molecule has 1 N–H and O–H groups in total. The molecule has 1 saturated heterocycles. The Kier molecular flexibility index (Phi) is 8.34. The number of aryl methyl sites for hydroxylation is 1. The first kappa shape index (κ1) is 21.6. The molecule has 148 valence electrons. The number of piperazine rings is 1. The van der Waals surface area contributed by atoms with Gasteiger partial charge in [-0.15, -0.1) is 24.0 Å². The van der Waals surface area contributed by atoms with Gasteiger partial charge in [0, 0.05) is 71.4 Å². The van der Waals surface area contributed by atoms with E-state index in [1.165, 1.54) is 24.4 Å². The van der Waals surface area contributed by atoms with Gasteiger partial charge in [0.05, 0.1) is 0 Å². The standard InChI is InChI=1S/C17H30N6OS.HI/c1-4-14-20-16(25-21-14)23-10-8-22(9-11-23)15(18-2)19-13-17(5-6-17)7-12-24-3;/h4-13H2,1-3H3,(H,18,19);1H. The number of rotatable bonds is 7. The van der Waals surface area contributed by atoms with Crippen LogP contribution in [0.15, 0.2) is 4.99 Å². The Bertz CT molecular complexity index is 584. The van der Waals surface area contributed by atoms with Crippen LogP contribution in [0.1, 0.15) is 32.0 Å². The van der Waals surface area contributed by atoms with E-state index in [1.807, 2.05) is 7.05 Å². The minimum atomic E-state index is 0.